The molecule has 0 aliphatic carbocycles. The molecule has 0 radical (unpaired) electrons. The van der Waals surface area contributed by atoms with E-state index in [4.69, 9.17) is 34.8 Å². The maximum absolute atomic E-state index is 13.2. The van der Waals surface area contributed by atoms with Crippen LogP contribution in [0.25, 0.3) is 16.6 Å². The number of hydrogen-bond acceptors (Lipinski definition) is 5. The lowest BCUT2D eigenvalue weighted by Gasteiger charge is -2.13. The van der Waals surface area contributed by atoms with E-state index in [9.17, 15) is 9.59 Å². The molecular formula is C20H11Cl3N2O2S2. The second-order valence-corrected chi connectivity index (χ2v) is 9.64. The maximum atomic E-state index is 13.2. The van der Waals surface area contributed by atoms with Crippen molar-refractivity contribution in [3.8, 4) is 5.69 Å². The third-order valence-corrected chi connectivity index (χ3v) is 6.80. The molecule has 4 aromatic rings. The van der Waals surface area contributed by atoms with Gasteiger partial charge in [-0.15, -0.1) is 11.3 Å². The molecule has 2 heterocycles. The average molecular weight is 482 g/mol. The van der Waals surface area contributed by atoms with Gasteiger partial charge in [0.1, 0.15) is 4.34 Å². The van der Waals surface area contributed by atoms with E-state index in [-0.39, 0.29) is 17.1 Å². The Labute approximate surface area is 189 Å². The lowest BCUT2D eigenvalue weighted by atomic mass is 10.2. The third-order valence-electron chi connectivity index (χ3n) is 4.12. The van der Waals surface area contributed by atoms with Crippen molar-refractivity contribution in [2.24, 2.45) is 0 Å². The van der Waals surface area contributed by atoms with Gasteiger partial charge < -0.3 is 0 Å². The molecule has 4 nitrogen and oxygen atoms in total. The quantitative estimate of drug-likeness (QED) is 0.188. The Balaban J connectivity index is 1.77. The number of fused-ring (bicyclic) bond motifs is 1. The first-order chi connectivity index (χ1) is 13.9. The van der Waals surface area contributed by atoms with Crippen molar-refractivity contribution in [2.45, 2.75) is 5.16 Å². The van der Waals surface area contributed by atoms with Gasteiger partial charge in [-0.2, -0.15) is 0 Å². The van der Waals surface area contributed by atoms with Crippen LogP contribution in [0.15, 0.2) is 64.5 Å². The van der Waals surface area contributed by atoms with Gasteiger partial charge in [-0.25, -0.2) is 4.98 Å². The van der Waals surface area contributed by atoms with Crippen molar-refractivity contribution in [3.05, 3.63) is 84.2 Å². The zero-order valence-corrected chi connectivity index (χ0v) is 18.5. The molecule has 0 saturated heterocycles. The fraction of sp³-hybridized carbons (Fsp3) is 0.0500. The number of thiophene rings is 1. The third kappa shape index (κ3) is 4.22. The highest BCUT2D eigenvalue weighted by molar-refractivity contribution is 7.99. The van der Waals surface area contributed by atoms with Gasteiger partial charge in [0, 0.05) is 10.6 Å². The number of hydrogen-bond donors (Lipinski definition) is 0. The molecule has 0 bridgehead atoms. The van der Waals surface area contributed by atoms with Gasteiger partial charge in [-0.05, 0) is 42.5 Å². The smallest absolute Gasteiger partial charge is 0.266 e. The predicted molar refractivity (Wildman–Crippen MR) is 122 cm³/mol. The number of para-hydroxylation sites is 1. The van der Waals surface area contributed by atoms with Crippen molar-refractivity contribution < 1.29 is 4.79 Å². The minimum absolute atomic E-state index is 0.0607. The summed E-state index contributed by atoms with van der Waals surface area (Å²) in [5, 5.41) is 1.46. The maximum Gasteiger partial charge on any atom is 0.266 e. The Kier molecular flexibility index (Phi) is 5.99. The number of thioether (sulfide) groups is 1. The molecule has 0 aliphatic heterocycles. The van der Waals surface area contributed by atoms with Crippen molar-refractivity contribution >= 4 is 74.6 Å². The van der Waals surface area contributed by atoms with Crippen LogP contribution in [-0.4, -0.2) is 21.1 Å². The summed E-state index contributed by atoms with van der Waals surface area (Å²) < 4.78 is 2.28. The summed E-state index contributed by atoms with van der Waals surface area (Å²) in [7, 11) is 0. The Morgan fingerprint density at radius 2 is 1.79 bits per heavy atom. The van der Waals surface area contributed by atoms with E-state index >= 15 is 0 Å². The van der Waals surface area contributed by atoms with Gasteiger partial charge in [0.15, 0.2) is 10.9 Å². The molecule has 29 heavy (non-hydrogen) atoms. The summed E-state index contributed by atoms with van der Waals surface area (Å²) in [5.41, 5.74) is 1.33. The van der Waals surface area contributed by atoms with Crippen LogP contribution >= 0.6 is 57.9 Å². The van der Waals surface area contributed by atoms with Crippen LogP contribution in [0.2, 0.25) is 13.7 Å². The SMILES string of the molecule is O=C(CSc1nc2ccccc2c(=O)n1-c1ccc(Cl)cc1)c1cc(Cl)sc1Cl. The molecule has 0 saturated carbocycles. The lowest BCUT2D eigenvalue weighted by Crippen LogP contribution is -2.22. The van der Waals surface area contributed by atoms with Gasteiger partial charge >= 0.3 is 0 Å². The standard InChI is InChI=1S/C20H11Cl3N2O2S2/c21-11-5-7-12(8-6-11)25-19(27)13-3-1-2-4-15(13)24-20(25)28-10-16(26)14-9-17(22)29-18(14)23/h1-9H,10H2. The van der Waals surface area contributed by atoms with Crippen molar-refractivity contribution in [2.75, 3.05) is 5.75 Å². The fourth-order valence-corrected chi connectivity index (χ4v) is 5.29. The van der Waals surface area contributed by atoms with Crippen LogP contribution < -0.4 is 5.56 Å². The summed E-state index contributed by atoms with van der Waals surface area (Å²) in [6.07, 6.45) is 0. The first-order valence-corrected chi connectivity index (χ1v) is 11.3. The van der Waals surface area contributed by atoms with E-state index in [0.29, 0.717) is 41.0 Å². The van der Waals surface area contributed by atoms with E-state index in [0.717, 1.165) is 11.3 Å². The Morgan fingerprint density at radius 1 is 1.07 bits per heavy atom. The molecule has 0 spiro atoms. The Hall–Kier alpha value is -1.83. The number of ketones is 1. The highest BCUT2D eigenvalue weighted by Crippen LogP contribution is 2.32. The van der Waals surface area contributed by atoms with Crippen LogP contribution in [0, 0.1) is 0 Å². The fourth-order valence-electron chi connectivity index (χ4n) is 2.77. The molecule has 0 unspecified atom stereocenters. The summed E-state index contributed by atoms with van der Waals surface area (Å²) >= 11 is 20.3. The molecule has 0 fully saturated rings. The lowest BCUT2D eigenvalue weighted by molar-refractivity contribution is 0.102. The minimum Gasteiger partial charge on any atom is -0.293 e. The number of halogens is 3. The second kappa shape index (κ2) is 8.50. The molecule has 0 amide bonds. The van der Waals surface area contributed by atoms with Gasteiger partial charge in [-0.3, -0.25) is 14.2 Å². The van der Waals surface area contributed by atoms with Crippen molar-refractivity contribution in [1.29, 1.82) is 0 Å². The van der Waals surface area contributed by atoms with Crippen LogP contribution in [-0.2, 0) is 0 Å². The highest BCUT2D eigenvalue weighted by atomic mass is 35.5. The zero-order chi connectivity index (χ0) is 20.5. The molecule has 9 heteroatoms. The van der Waals surface area contributed by atoms with Gasteiger partial charge in [-0.1, -0.05) is 58.7 Å². The van der Waals surface area contributed by atoms with Crippen LogP contribution in [0.4, 0.5) is 0 Å². The van der Waals surface area contributed by atoms with E-state index in [1.807, 2.05) is 6.07 Å². The normalized spacial score (nSPS) is 11.1. The Bertz CT molecular complexity index is 1280. The number of benzene rings is 2. The van der Waals surface area contributed by atoms with Crippen molar-refractivity contribution in [3.63, 3.8) is 0 Å². The first kappa shape index (κ1) is 20.4. The number of rotatable bonds is 5. The molecule has 2 aromatic heterocycles. The highest BCUT2D eigenvalue weighted by Gasteiger charge is 2.18. The molecule has 2 aromatic carbocycles. The summed E-state index contributed by atoms with van der Waals surface area (Å²) in [6, 6.07) is 15.5. The van der Waals surface area contributed by atoms with Gasteiger partial charge in [0.05, 0.1) is 26.7 Å². The number of nitrogens with zero attached hydrogens (tertiary/aromatic N) is 2. The van der Waals surface area contributed by atoms with E-state index < -0.39 is 0 Å². The molecule has 0 atom stereocenters. The van der Waals surface area contributed by atoms with Crippen LogP contribution in [0.5, 0.6) is 0 Å². The molecule has 0 aliphatic rings. The number of aromatic nitrogens is 2. The molecule has 4 rings (SSSR count). The number of Topliss-reactive ketones (excluding diaryl/α,β-unsaturated/α-hetero) is 1. The Morgan fingerprint density at radius 3 is 2.48 bits per heavy atom. The zero-order valence-electron chi connectivity index (χ0n) is 14.6. The average Bonchev–Trinajstić information content (AvgIpc) is 3.05. The minimum atomic E-state index is -0.218. The molecule has 0 N–H and O–H groups in total. The van der Waals surface area contributed by atoms with Crippen molar-refractivity contribution in [1.82, 2.24) is 9.55 Å². The van der Waals surface area contributed by atoms with Gasteiger partial charge in [0.2, 0.25) is 0 Å². The van der Waals surface area contributed by atoms with Gasteiger partial charge in [0.25, 0.3) is 5.56 Å². The summed E-state index contributed by atoms with van der Waals surface area (Å²) in [5.74, 6) is -0.126. The van der Waals surface area contributed by atoms with E-state index in [1.54, 1.807) is 48.5 Å². The largest absolute Gasteiger partial charge is 0.293 e. The topological polar surface area (TPSA) is 52.0 Å². The van der Waals surface area contributed by atoms with Crippen LogP contribution in [0.3, 0.4) is 0 Å². The summed E-state index contributed by atoms with van der Waals surface area (Å²) in [4.78, 5) is 30.4. The number of carbonyl (C=O) groups excluding carboxylic acids is 1. The molecule has 146 valence electrons. The molecular weight excluding hydrogens is 471 g/mol. The number of carbonyl (C=O) groups is 1. The first-order valence-electron chi connectivity index (χ1n) is 8.32. The monoisotopic (exact) mass is 480 g/mol. The second-order valence-electron chi connectivity index (χ2n) is 5.98. The summed E-state index contributed by atoms with van der Waals surface area (Å²) in [6.45, 7) is 0. The van der Waals surface area contributed by atoms with E-state index in [1.165, 1.54) is 16.3 Å². The van der Waals surface area contributed by atoms with E-state index in [2.05, 4.69) is 4.98 Å². The van der Waals surface area contributed by atoms with Crippen LogP contribution in [0.1, 0.15) is 10.4 Å². The predicted octanol–water partition coefficient (Wildman–Crippen LogP) is 6.38.